The second kappa shape index (κ2) is 12.0. The molecule has 0 aliphatic carbocycles. The molecule has 0 amide bonds. The average Bonchev–Trinajstić information content (AvgIpc) is 2.65. The summed E-state index contributed by atoms with van der Waals surface area (Å²) in [6, 6.07) is 4.35. The normalized spacial score (nSPS) is 21.0. The zero-order chi connectivity index (χ0) is 25.8. The lowest BCUT2D eigenvalue weighted by molar-refractivity contribution is -0.321. The highest BCUT2D eigenvalue weighted by Crippen LogP contribution is 2.42. The van der Waals surface area contributed by atoms with Gasteiger partial charge in [0, 0.05) is 16.9 Å². The van der Waals surface area contributed by atoms with Gasteiger partial charge in [-0.3, -0.25) is 0 Å². The van der Waals surface area contributed by atoms with Crippen molar-refractivity contribution in [1.82, 2.24) is 0 Å². The first kappa shape index (κ1) is 28.8. The average molecular weight is 483 g/mol. The van der Waals surface area contributed by atoms with Gasteiger partial charge in [0.25, 0.3) is 0 Å². The topological polar surface area (TPSA) is 95.6 Å². The molecule has 1 aliphatic rings. The Morgan fingerprint density at radius 2 is 1.32 bits per heavy atom. The molecule has 8 heteroatoms. The van der Waals surface area contributed by atoms with Gasteiger partial charge >= 0.3 is 0 Å². The minimum atomic E-state index is -0.914. The van der Waals surface area contributed by atoms with Gasteiger partial charge < -0.3 is 39.4 Å². The Balaban J connectivity index is 2.04. The number of nitrogen functional groups attached to an aromatic ring is 1. The molecule has 0 radical (unpaired) electrons. The van der Waals surface area contributed by atoms with Crippen LogP contribution in [0.3, 0.4) is 0 Å². The Morgan fingerprint density at radius 3 is 1.82 bits per heavy atom. The monoisotopic (exact) mass is 482 g/mol. The molecule has 3 N–H and O–H groups in total. The molecule has 1 aromatic carbocycles. The molecule has 0 fully saturated rings. The Bertz CT molecular complexity index is 785. The lowest BCUT2D eigenvalue weighted by Gasteiger charge is -2.49. The molecule has 0 spiro atoms. The number of aliphatic hydroxyl groups excluding tert-OH is 1. The summed E-state index contributed by atoms with van der Waals surface area (Å²) in [5.74, 6) is 0.339. The third-order valence-corrected chi connectivity index (χ3v) is 6.11. The van der Waals surface area contributed by atoms with Crippen molar-refractivity contribution in [3.8, 4) is 0 Å². The van der Waals surface area contributed by atoms with Gasteiger partial charge in [-0.25, -0.2) is 0 Å². The number of rotatable bonds is 12. The van der Waals surface area contributed by atoms with Crippen molar-refractivity contribution in [2.24, 2.45) is 0 Å². The largest absolute Gasteiger partial charge is 0.398 e. The predicted molar refractivity (Wildman–Crippen MR) is 134 cm³/mol. The van der Waals surface area contributed by atoms with Gasteiger partial charge in [0.05, 0.1) is 0 Å². The first-order valence-electron chi connectivity index (χ1n) is 12.4. The third-order valence-electron chi connectivity index (χ3n) is 6.11. The molecule has 6 unspecified atom stereocenters. The summed E-state index contributed by atoms with van der Waals surface area (Å²) in [7, 11) is 0. The number of hydrogen-bond donors (Lipinski definition) is 2. The quantitative estimate of drug-likeness (QED) is 0.315. The van der Waals surface area contributed by atoms with Crippen molar-refractivity contribution in [3.05, 3.63) is 23.3 Å². The van der Waals surface area contributed by atoms with Crippen LogP contribution >= 0.6 is 0 Å². The van der Waals surface area contributed by atoms with Crippen LogP contribution in [0.2, 0.25) is 0 Å². The van der Waals surface area contributed by atoms with E-state index in [-0.39, 0.29) is 11.8 Å². The molecular formula is C26H46N2O6. The molecule has 0 saturated heterocycles. The smallest absolute Gasteiger partial charge is 0.161 e. The zero-order valence-corrected chi connectivity index (χ0v) is 22.6. The molecule has 0 bridgehead atoms. The van der Waals surface area contributed by atoms with E-state index in [1.165, 1.54) is 18.2 Å². The first-order valence-corrected chi connectivity index (χ1v) is 12.4. The van der Waals surface area contributed by atoms with E-state index in [1.54, 1.807) is 20.8 Å². The van der Waals surface area contributed by atoms with Crippen LogP contribution in [0.4, 0.5) is 11.4 Å². The number of aryl methyl sites for hydroxylation is 1. The van der Waals surface area contributed by atoms with E-state index in [0.717, 1.165) is 24.1 Å². The highest BCUT2D eigenvalue weighted by molar-refractivity contribution is 5.67. The van der Waals surface area contributed by atoms with Gasteiger partial charge in [-0.15, -0.1) is 0 Å². The molecule has 1 aliphatic heterocycles. The summed E-state index contributed by atoms with van der Waals surface area (Å²) in [6.45, 7) is 19.5. The summed E-state index contributed by atoms with van der Waals surface area (Å²) < 4.78 is 28.7. The first-order chi connectivity index (χ1) is 15.7. The van der Waals surface area contributed by atoms with Gasteiger partial charge in [0.1, 0.15) is 6.23 Å². The van der Waals surface area contributed by atoms with Crippen molar-refractivity contribution >= 4 is 11.4 Å². The number of anilines is 2. The van der Waals surface area contributed by atoms with E-state index in [0.29, 0.717) is 5.92 Å². The van der Waals surface area contributed by atoms with Crippen LogP contribution in [0, 0.1) is 0 Å². The van der Waals surface area contributed by atoms with E-state index in [2.05, 4.69) is 51.7 Å². The lowest BCUT2D eigenvalue weighted by Crippen LogP contribution is -2.54. The maximum Gasteiger partial charge on any atom is 0.161 e. The number of fused-ring (bicyclic) bond motifs is 1. The van der Waals surface area contributed by atoms with E-state index in [1.807, 2.05) is 6.92 Å². The molecule has 8 nitrogen and oxygen atoms in total. The van der Waals surface area contributed by atoms with Crippen LogP contribution in [0.5, 0.6) is 0 Å². The summed E-state index contributed by atoms with van der Waals surface area (Å²) in [4.78, 5) is 2.34. The number of ether oxygens (including phenoxy) is 5. The highest BCUT2D eigenvalue weighted by atomic mass is 16.8. The van der Waals surface area contributed by atoms with E-state index in [9.17, 15) is 5.11 Å². The van der Waals surface area contributed by atoms with E-state index < -0.39 is 31.5 Å². The van der Waals surface area contributed by atoms with E-state index >= 15 is 0 Å². The van der Waals surface area contributed by atoms with Crippen LogP contribution in [-0.2, 0) is 30.1 Å². The van der Waals surface area contributed by atoms with Crippen LogP contribution in [-0.4, -0.2) is 48.3 Å². The predicted octanol–water partition coefficient (Wildman–Crippen LogP) is 5.07. The molecule has 6 atom stereocenters. The molecule has 0 aromatic heterocycles. The molecule has 0 saturated carbocycles. The Morgan fingerprint density at radius 1 is 0.824 bits per heavy atom. The summed E-state index contributed by atoms with van der Waals surface area (Å²) in [6.07, 6.45) is -1.42. The summed E-state index contributed by atoms with van der Waals surface area (Å²) in [5.41, 5.74) is 10.7. The third kappa shape index (κ3) is 7.80. The fraction of sp³-hybridized carbons (Fsp3) is 0.769. The molecule has 196 valence electrons. The van der Waals surface area contributed by atoms with Crippen LogP contribution in [0.15, 0.2) is 12.1 Å². The van der Waals surface area contributed by atoms with Crippen LogP contribution in [0.25, 0.3) is 0 Å². The maximum absolute atomic E-state index is 9.29. The fourth-order valence-corrected chi connectivity index (χ4v) is 4.72. The number of nitrogens with two attached hydrogens (primary N) is 1. The zero-order valence-electron chi connectivity index (χ0n) is 22.6. The van der Waals surface area contributed by atoms with Gasteiger partial charge in [-0.1, -0.05) is 13.8 Å². The second-order valence-corrected chi connectivity index (χ2v) is 10.1. The number of aliphatic hydroxyl groups is 1. The molecule has 2 rings (SSSR count). The van der Waals surface area contributed by atoms with E-state index in [4.69, 9.17) is 29.4 Å². The van der Waals surface area contributed by atoms with Crippen LogP contribution < -0.4 is 10.6 Å². The maximum atomic E-state index is 9.29. The number of nitrogens with zero attached hydrogens (tertiary/aromatic N) is 1. The van der Waals surface area contributed by atoms with Crippen molar-refractivity contribution in [2.45, 2.75) is 131 Å². The second-order valence-electron chi connectivity index (χ2n) is 10.1. The minimum absolute atomic E-state index is 0.0824. The molecule has 34 heavy (non-hydrogen) atoms. The molecule has 1 aromatic rings. The standard InChI is InChI=1S/C26H46N2O6/c1-15(2)23-14-25-22(13-24(23)27)11-12-26(9,10)28(25)16(3)30-18(5)32-20(7)34-21(8)33-19(6)31-17(4)29/h13-21,29H,11-12,27H2,1-10H3. The summed E-state index contributed by atoms with van der Waals surface area (Å²) in [5, 5.41) is 9.29. The Kier molecular flexibility index (Phi) is 10.2. The number of hydrogen-bond acceptors (Lipinski definition) is 8. The lowest BCUT2D eigenvalue weighted by atomic mass is 9.84. The van der Waals surface area contributed by atoms with Crippen LogP contribution in [0.1, 0.15) is 92.7 Å². The van der Waals surface area contributed by atoms with Crippen molar-refractivity contribution in [3.63, 3.8) is 0 Å². The van der Waals surface area contributed by atoms with Gasteiger partial charge in [-0.05, 0) is 97.4 Å². The molecule has 1 heterocycles. The molecular weight excluding hydrogens is 436 g/mol. The highest BCUT2D eigenvalue weighted by Gasteiger charge is 2.37. The van der Waals surface area contributed by atoms with Crippen molar-refractivity contribution in [1.29, 1.82) is 0 Å². The summed E-state index contributed by atoms with van der Waals surface area (Å²) >= 11 is 0. The van der Waals surface area contributed by atoms with Gasteiger partial charge in [0.15, 0.2) is 31.5 Å². The number of benzene rings is 1. The van der Waals surface area contributed by atoms with Crippen molar-refractivity contribution < 1.29 is 28.8 Å². The van der Waals surface area contributed by atoms with Gasteiger partial charge in [-0.2, -0.15) is 0 Å². The fourth-order valence-electron chi connectivity index (χ4n) is 4.72. The Hall–Kier alpha value is -1.42. The Labute approximate surface area is 205 Å². The van der Waals surface area contributed by atoms with Gasteiger partial charge in [0.2, 0.25) is 0 Å². The minimum Gasteiger partial charge on any atom is -0.398 e. The SMILES string of the molecule is CC(O)OC(C)OC(C)OC(C)OC(C)OC(C)N1c2cc(C(C)C)c(N)cc2CCC1(C)C. The van der Waals surface area contributed by atoms with Crippen molar-refractivity contribution in [2.75, 3.05) is 10.6 Å².